The van der Waals surface area contributed by atoms with E-state index in [2.05, 4.69) is 172 Å². The van der Waals surface area contributed by atoms with Crippen molar-refractivity contribution in [2.45, 2.75) is 18.4 Å². The number of imidazole rings is 1. The van der Waals surface area contributed by atoms with Gasteiger partial charge in [0.1, 0.15) is 17.0 Å². The molecule has 4 heterocycles. The van der Waals surface area contributed by atoms with Gasteiger partial charge in [-0.2, -0.15) is 5.10 Å². The van der Waals surface area contributed by atoms with E-state index in [1.54, 1.807) is 6.20 Å². The topological polar surface area (TPSA) is 68.6 Å². The number of rotatable bonds is 4. The van der Waals surface area contributed by atoms with Gasteiger partial charge in [0.2, 0.25) is 0 Å². The van der Waals surface area contributed by atoms with Gasteiger partial charge in [0.15, 0.2) is 5.82 Å². The van der Waals surface area contributed by atoms with Crippen molar-refractivity contribution in [1.29, 1.82) is 0 Å². The molecule has 0 unspecified atom stereocenters. The van der Waals surface area contributed by atoms with Crippen LogP contribution in [0.15, 0.2) is 170 Å². The van der Waals surface area contributed by atoms with Crippen LogP contribution in [0.4, 0.5) is 0 Å². The number of para-hydroxylation sites is 1. The summed E-state index contributed by atoms with van der Waals surface area (Å²) in [4.78, 5) is 13.7. The molecule has 0 aliphatic carbocycles. The fraction of sp³-hybridized carbons (Fsp3) is 0.0851. The zero-order valence-electron chi connectivity index (χ0n) is 29.0. The van der Waals surface area contributed by atoms with Crippen LogP contribution in [0.3, 0.4) is 0 Å². The van der Waals surface area contributed by atoms with Gasteiger partial charge in [-0.3, -0.25) is 4.98 Å². The number of nitrogens with zero attached hydrogens (tertiary/aromatic N) is 4. The Kier molecular flexibility index (Phi) is 7.46. The number of aromatic nitrogens is 5. The second-order valence-electron chi connectivity index (χ2n) is 13.6. The summed E-state index contributed by atoms with van der Waals surface area (Å²) in [7, 11) is 0. The molecule has 0 radical (unpaired) electrons. The minimum Gasteiger partial charge on any atom is -0.492 e. The van der Waals surface area contributed by atoms with Gasteiger partial charge in [-0.25, -0.2) is 9.67 Å². The normalized spacial score (nSPS) is 12.8. The number of hydrogen-bond donors (Lipinski definition) is 1. The van der Waals surface area contributed by atoms with Crippen LogP contribution in [0, 0.1) is 0 Å². The van der Waals surface area contributed by atoms with Gasteiger partial charge >= 0.3 is 0 Å². The predicted molar refractivity (Wildman–Crippen MR) is 212 cm³/mol. The summed E-state index contributed by atoms with van der Waals surface area (Å²) in [6.07, 6.45) is 5.50. The summed E-state index contributed by atoms with van der Waals surface area (Å²) >= 11 is 0. The van der Waals surface area contributed by atoms with Crippen LogP contribution < -0.4 is 4.74 Å². The molecule has 0 saturated heterocycles. The van der Waals surface area contributed by atoms with Crippen LogP contribution in [-0.4, -0.2) is 31.3 Å². The first-order chi connectivity index (χ1) is 26.3. The number of fused-ring (bicyclic) bond motifs is 9. The molecule has 0 amide bonds. The predicted octanol–water partition coefficient (Wildman–Crippen LogP) is 10.5. The second kappa shape index (κ2) is 12.8. The van der Waals surface area contributed by atoms with Gasteiger partial charge in [0.25, 0.3) is 0 Å². The highest BCUT2D eigenvalue weighted by Gasteiger charge is 2.41. The van der Waals surface area contributed by atoms with Crippen molar-refractivity contribution in [3.05, 3.63) is 192 Å². The monoisotopic (exact) mass is 685 g/mol. The Balaban J connectivity index is 1.31. The third-order valence-corrected chi connectivity index (χ3v) is 10.5. The lowest BCUT2D eigenvalue weighted by molar-refractivity contribution is 0.310. The number of aryl methyl sites for hydroxylation is 1. The molecule has 6 nitrogen and oxygen atoms in total. The smallest absolute Gasteiger partial charge is 0.159 e. The maximum Gasteiger partial charge on any atom is 0.159 e. The van der Waals surface area contributed by atoms with E-state index in [0.717, 1.165) is 85.2 Å². The van der Waals surface area contributed by atoms with Crippen molar-refractivity contribution in [3.63, 3.8) is 0 Å². The van der Waals surface area contributed by atoms with Crippen LogP contribution >= 0.6 is 0 Å². The molecule has 254 valence electrons. The molecular formula is C47H35N5O. The second-order valence-corrected chi connectivity index (χ2v) is 13.6. The number of H-pyrrole nitrogens is 1. The Labute approximate surface area is 307 Å². The lowest BCUT2D eigenvalue weighted by Gasteiger charge is -2.37. The average Bonchev–Trinajstić information content (AvgIpc) is 3.83. The first kappa shape index (κ1) is 31.0. The fourth-order valence-electron chi connectivity index (χ4n) is 8.03. The molecule has 1 N–H and O–H groups in total. The molecule has 6 aromatic carbocycles. The summed E-state index contributed by atoms with van der Waals surface area (Å²) in [5.74, 6) is 1.47. The zero-order valence-corrected chi connectivity index (χ0v) is 29.0. The van der Waals surface area contributed by atoms with E-state index in [1.807, 2.05) is 6.20 Å². The summed E-state index contributed by atoms with van der Waals surface area (Å²) in [5.41, 5.74) is 11.6. The average molecular weight is 686 g/mol. The van der Waals surface area contributed by atoms with Gasteiger partial charge in [0.05, 0.1) is 29.4 Å². The molecule has 0 saturated carbocycles. The molecule has 53 heavy (non-hydrogen) atoms. The minimum atomic E-state index is -0.816. The molecule has 0 atom stereocenters. The molecule has 9 aromatic rings. The van der Waals surface area contributed by atoms with Crippen LogP contribution in [0.5, 0.6) is 5.75 Å². The molecule has 10 rings (SSSR count). The molecule has 8 bridgehead atoms. The molecular weight excluding hydrogens is 651 g/mol. The van der Waals surface area contributed by atoms with Gasteiger partial charge < -0.3 is 9.72 Å². The molecule has 3 aromatic heterocycles. The molecule has 1 aliphatic heterocycles. The number of hydrogen-bond acceptors (Lipinski definition) is 4. The Morgan fingerprint density at radius 1 is 0.623 bits per heavy atom. The van der Waals surface area contributed by atoms with E-state index in [0.29, 0.717) is 12.4 Å². The quantitative estimate of drug-likeness (QED) is 0.187. The fourth-order valence-corrected chi connectivity index (χ4v) is 8.03. The van der Waals surface area contributed by atoms with Gasteiger partial charge in [0, 0.05) is 22.7 Å². The number of benzene rings is 6. The van der Waals surface area contributed by atoms with Crippen molar-refractivity contribution >= 4 is 21.9 Å². The number of pyridine rings is 1. The molecule has 0 spiro atoms. The number of ether oxygens (including phenoxy) is 1. The zero-order chi connectivity index (χ0) is 35.2. The van der Waals surface area contributed by atoms with Gasteiger partial charge in [-0.15, -0.1) is 0 Å². The third kappa shape index (κ3) is 5.22. The van der Waals surface area contributed by atoms with Crippen molar-refractivity contribution < 1.29 is 4.74 Å². The van der Waals surface area contributed by atoms with E-state index in [-0.39, 0.29) is 0 Å². The van der Waals surface area contributed by atoms with Gasteiger partial charge in [-0.1, -0.05) is 133 Å². The van der Waals surface area contributed by atoms with E-state index in [9.17, 15) is 0 Å². The molecule has 6 heteroatoms. The van der Waals surface area contributed by atoms with Crippen molar-refractivity contribution in [1.82, 2.24) is 24.7 Å². The highest BCUT2D eigenvalue weighted by molar-refractivity contribution is 5.99. The molecule has 0 fully saturated rings. The third-order valence-electron chi connectivity index (χ3n) is 10.5. The first-order valence-corrected chi connectivity index (χ1v) is 18.1. The van der Waals surface area contributed by atoms with E-state index >= 15 is 0 Å². The van der Waals surface area contributed by atoms with E-state index in [1.165, 1.54) is 5.56 Å². The Morgan fingerprint density at radius 3 is 2.08 bits per heavy atom. The number of nitrogens with one attached hydrogen (secondary N) is 1. The first-order valence-electron chi connectivity index (χ1n) is 18.1. The van der Waals surface area contributed by atoms with Crippen LogP contribution in [0.2, 0.25) is 0 Å². The van der Waals surface area contributed by atoms with Crippen LogP contribution in [-0.2, 0) is 12.0 Å². The van der Waals surface area contributed by atoms with E-state index in [4.69, 9.17) is 14.8 Å². The Hall–Kier alpha value is -6.79. The maximum atomic E-state index is 6.26. The summed E-state index contributed by atoms with van der Waals surface area (Å²) in [5, 5.41) is 6.62. The van der Waals surface area contributed by atoms with Gasteiger partial charge in [-0.05, 0) is 70.5 Å². The van der Waals surface area contributed by atoms with Crippen molar-refractivity contribution in [3.8, 4) is 39.5 Å². The van der Waals surface area contributed by atoms with Crippen LogP contribution in [0.25, 0.3) is 55.7 Å². The Morgan fingerprint density at radius 2 is 1.34 bits per heavy atom. The Bertz CT molecular complexity index is 2640. The minimum absolute atomic E-state index is 0.601. The highest BCUT2D eigenvalue weighted by atomic mass is 16.5. The SMILES string of the molecule is c1ccc(C(c2ccccc2)(c2ccccc2)n2nc3c4cc(ccc42)-c2cncc(c2)OCCCc2cccc(c2)-c2cccc4[nH]c-3nc24)cc1. The van der Waals surface area contributed by atoms with Crippen LogP contribution in [0.1, 0.15) is 28.7 Å². The lowest BCUT2D eigenvalue weighted by Crippen LogP contribution is -2.38. The standard InChI is InChI=1S/C47H35N5O/c1-4-16-36(17-5-1)47(37-18-6-2-7-19-37,38-20-8-3-9-21-38)52-43-25-24-33-29-41(43)45(51-52)46-49-42-23-11-22-40(44(42)50-46)34-15-10-13-32(27-34)14-12-26-53-39-28-35(33)30-48-31-39/h1-11,13,15-25,27-31H,12,14,26H2,(H,49,50). The maximum absolute atomic E-state index is 6.26. The van der Waals surface area contributed by atoms with Crippen molar-refractivity contribution in [2.24, 2.45) is 0 Å². The molecule has 1 aliphatic rings. The summed E-state index contributed by atoms with van der Waals surface area (Å²) in [6, 6.07) is 55.8. The number of aromatic amines is 1. The highest BCUT2D eigenvalue weighted by Crippen LogP contribution is 2.45. The van der Waals surface area contributed by atoms with E-state index < -0.39 is 5.54 Å². The largest absolute Gasteiger partial charge is 0.492 e. The summed E-state index contributed by atoms with van der Waals surface area (Å²) < 4.78 is 8.47. The van der Waals surface area contributed by atoms with Crippen molar-refractivity contribution in [2.75, 3.05) is 6.61 Å². The summed E-state index contributed by atoms with van der Waals surface area (Å²) in [6.45, 7) is 0.601. The lowest BCUT2D eigenvalue weighted by atomic mass is 9.77.